The Kier molecular flexibility index (Phi) is 6.04. The second-order valence-electron chi connectivity index (χ2n) is 5.50. The van der Waals surface area contributed by atoms with Gasteiger partial charge < -0.3 is 16.4 Å². The molecule has 1 spiro atoms. The van der Waals surface area contributed by atoms with Gasteiger partial charge in [-0.25, -0.2) is 0 Å². The first-order valence-electron chi connectivity index (χ1n) is 7.20. The van der Waals surface area contributed by atoms with E-state index in [2.05, 4.69) is 10.6 Å². The van der Waals surface area contributed by atoms with Gasteiger partial charge in [-0.1, -0.05) is 34.4 Å². The van der Waals surface area contributed by atoms with Crippen LogP contribution >= 0.6 is 21.6 Å². The summed E-state index contributed by atoms with van der Waals surface area (Å²) in [6.07, 6.45) is 4.79. The standard InChI is InChI=1S/C13H23N3O2S2/c14-10-9-20-19-8-7-16-12(18)13(3-1-2-4-13)5-6-15-11(10)17/h10H,1-9,14H2,(H,15,17)(H,16,18). The number of nitrogens with two attached hydrogens (primary N) is 1. The van der Waals surface area contributed by atoms with E-state index in [0.29, 0.717) is 18.8 Å². The molecular weight excluding hydrogens is 294 g/mol. The van der Waals surface area contributed by atoms with Crippen LogP contribution in [0.25, 0.3) is 0 Å². The van der Waals surface area contributed by atoms with Gasteiger partial charge in [0.25, 0.3) is 0 Å². The Hall–Kier alpha value is -0.400. The zero-order chi connectivity index (χ0) is 14.4. The first-order chi connectivity index (χ1) is 9.64. The Morgan fingerprint density at radius 3 is 2.55 bits per heavy atom. The van der Waals surface area contributed by atoms with Crippen LogP contribution in [0, 0.1) is 5.41 Å². The van der Waals surface area contributed by atoms with Gasteiger partial charge >= 0.3 is 0 Å². The average molecular weight is 317 g/mol. The van der Waals surface area contributed by atoms with Gasteiger partial charge in [0, 0.05) is 24.6 Å². The molecule has 1 unspecified atom stereocenters. The molecule has 2 rings (SSSR count). The summed E-state index contributed by atoms with van der Waals surface area (Å²) in [5.74, 6) is 1.51. The molecule has 2 fully saturated rings. The van der Waals surface area contributed by atoms with Crippen LogP contribution in [-0.2, 0) is 9.59 Å². The summed E-state index contributed by atoms with van der Waals surface area (Å²) in [7, 11) is 3.25. The predicted octanol–water partition coefficient (Wildman–Crippen LogP) is 0.892. The Labute approximate surface area is 128 Å². The molecular formula is C13H23N3O2S2. The van der Waals surface area contributed by atoms with Crippen LogP contribution in [-0.4, -0.2) is 42.5 Å². The lowest BCUT2D eigenvalue weighted by Gasteiger charge is -2.27. The highest BCUT2D eigenvalue weighted by molar-refractivity contribution is 8.76. The molecule has 0 aromatic carbocycles. The molecule has 1 aliphatic heterocycles. The van der Waals surface area contributed by atoms with E-state index in [-0.39, 0.29) is 17.2 Å². The first-order valence-corrected chi connectivity index (χ1v) is 9.69. The molecule has 20 heavy (non-hydrogen) atoms. The normalized spacial score (nSPS) is 28.9. The second kappa shape index (κ2) is 7.56. The number of hydrogen-bond acceptors (Lipinski definition) is 5. The van der Waals surface area contributed by atoms with Gasteiger partial charge in [0.1, 0.15) is 0 Å². The molecule has 7 heteroatoms. The maximum absolute atomic E-state index is 12.4. The monoisotopic (exact) mass is 317 g/mol. The van der Waals surface area contributed by atoms with Crippen molar-refractivity contribution < 1.29 is 9.59 Å². The SMILES string of the molecule is NC1CSSCCNC(=O)C2(CCCC2)CCNC1=O. The molecule has 1 heterocycles. The number of hydrogen-bond donors (Lipinski definition) is 3. The highest BCUT2D eigenvalue weighted by atomic mass is 33.1. The molecule has 2 amide bonds. The minimum atomic E-state index is -0.462. The summed E-state index contributed by atoms with van der Waals surface area (Å²) >= 11 is 0. The molecule has 0 radical (unpaired) electrons. The average Bonchev–Trinajstić information content (AvgIpc) is 2.91. The molecule has 0 aromatic heterocycles. The van der Waals surface area contributed by atoms with Crippen molar-refractivity contribution in [1.29, 1.82) is 0 Å². The molecule has 2 aliphatic rings. The van der Waals surface area contributed by atoms with Crippen LogP contribution in [0.1, 0.15) is 32.1 Å². The van der Waals surface area contributed by atoms with Gasteiger partial charge in [0.15, 0.2) is 0 Å². The first kappa shape index (κ1) is 16.0. The summed E-state index contributed by atoms with van der Waals surface area (Å²) < 4.78 is 0. The van der Waals surface area contributed by atoms with E-state index in [4.69, 9.17) is 5.73 Å². The van der Waals surface area contributed by atoms with E-state index < -0.39 is 6.04 Å². The summed E-state index contributed by atoms with van der Waals surface area (Å²) in [4.78, 5) is 24.3. The Bertz CT molecular complexity index is 360. The zero-order valence-electron chi connectivity index (χ0n) is 11.7. The van der Waals surface area contributed by atoms with Gasteiger partial charge in [-0.3, -0.25) is 9.59 Å². The number of nitrogens with one attached hydrogen (secondary N) is 2. The van der Waals surface area contributed by atoms with Crippen molar-refractivity contribution in [3.8, 4) is 0 Å². The topological polar surface area (TPSA) is 84.2 Å². The summed E-state index contributed by atoms with van der Waals surface area (Å²) in [6.45, 7) is 1.23. The van der Waals surface area contributed by atoms with Crippen molar-refractivity contribution in [2.45, 2.75) is 38.1 Å². The number of amides is 2. The smallest absolute Gasteiger partial charge is 0.237 e. The van der Waals surface area contributed by atoms with Crippen LogP contribution in [0.3, 0.4) is 0 Å². The molecule has 1 saturated heterocycles. The highest BCUT2D eigenvalue weighted by Gasteiger charge is 2.40. The Balaban J connectivity index is 2.00. The lowest BCUT2D eigenvalue weighted by Crippen LogP contribution is -2.45. The second-order valence-corrected chi connectivity index (χ2v) is 8.12. The molecule has 1 saturated carbocycles. The van der Waals surface area contributed by atoms with Gasteiger partial charge in [-0.05, 0) is 19.3 Å². The van der Waals surface area contributed by atoms with Crippen molar-refractivity contribution in [3.63, 3.8) is 0 Å². The van der Waals surface area contributed by atoms with Crippen molar-refractivity contribution in [2.24, 2.45) is 11.1 Å². The zero-order valence-corrected chi connectivity index (χ0v) is 13.3. The largest absolute Gasteiger partial charge is 0.355 e. The van der Waals surface area contributed by atoms with Crippen LogP contribution in [0.15, 0.2) is 0 Å². The molecule has 114 valence electrons. The number of carbonyl (C=O) groups excluding carboxylic acids is 2. The lowest BCUT2D eigenvalue weighted by atomic mass is 9.81. The van der Waals surface area contributed by atoms with Crippen LogP contribution in [0.4, 0.5) is 0 Å². The minimum Gasteiger partial charge on any atom is -0.355 e. The van der Waals surface area contributed by atoms with Crippen molar-refractivity contribution >= 4 is 33.4 Å². The molecule has 5 nitrogen and oxygen atoms in total. The van der Waals surface area contributed by atoms with E-state index in [0.717, 1.165) is 37.9 Å². The third-order valence-corrected chi connectivity index (χ3v) is 6.52. The quantitative estimate of drug-likeness (QED) is 0.578. The molecule has 1 aliphatic carbocycles. The predicted molar refractivity (Wildman–Crippen MR) is 84.4 cm³/mol. The van der Waals surface area contributed by atoms with Crippen LogP contribution < -0.4 is 16.4 Å². The van der Waals surface area contributed by atoms with E-state index in [1.165, 1.54) is 0 Å². The van der Waals surface area contributed by atoms with Gasteiger partial charge in [0.2, 0.25) is 11.8 Å². The van der Waals surface area contributed by atoms with E-state index >= 15 is 0 Å². The van der Waals surface area contributed by atoms with Gasteiger partial charge in [0.05, 0.1) is 11.5 Å². The fourth-order valence-corrected chi connectivity index (χ4v) is 4.88. The molecule has 0 bridgehead atoms. The summed E-state index contributed by atoms with van der Waals surface area (Å²) in [6, 6.07) is -0.462. The van der Waals surface area contributed by atoms with Gasteiger partial charge in [-0.2, -0.15) is 0 Å². The van der Waals surface area contributed by atoms with E-state index in [1.54, 1.807) is 21.6 Å². The summed E-state index contributed by atoms with van der Waals surface area (Å²) in [5, 5.41) is 5.93. The van der Waals surface area contributed by atoms with Gasteiger partial charge in [-0.15, -0.1) is 0 Å². The Morgan fingerprint density at radius 1 is 1.05 bits per heavy atom. The van der Waals surface area contributed by atoms with Crippen LogP contribution in [0.2, 0.25) is 0 Å². The molecule has 1 atom stereocenters. The fraction of sp³-hybridized carbons (Fsp3) is 0.846. The van der Waals surface area contributed by atoms with Crippen molar-refractivity contribution in [1.82, 2.24) is 10.6 Å². The maximum Gasteiger partial charge on any atom is 0.237 e. The third-order valence-electron chi connectivity index (χ3n) is 4.08. The number of carbonyl (C=O) groups is 2. The van der Waals surface area contributed by atoms with E-state index in [9.17, 15) is 9.59 Å². The number of rotatable bonds is 0. The van der Waals surface area contributed by atoms with Crippen LogP contribution in [0.5, 0.6) is 0 Å². The molecule has 0 aromatic rings. The van der Waals surface area contributed by atoms with E-state index in [1.807, 2.05) is 0 Å². The highest BCUT2D eigenvalue weighted by Crippen LogP contribution is 2.41. The third kappa shape index (κ3) is 4.05. The minimum absolute atomic E-state index is 0.106. The fourth-order valence-electron chi connectivity index (χ4n) is 2.85. The van der Waals surface area contributed by atoms with Crippen molar-refractivity contribution in [2.75, 3.05) is 24.6 Å². The van der Waals surface area contributed by atoms with Crippen molar-refractivity contribution in [3.05, 3.63) is 0 Å². The molecule has 4 N–H and O–H groups in total. The lowest BCUT2D eigenvalue weighted by molar-refractivity contribution is -0.131. The maximum atomic E-state index is 12.4. The Morgan fingerprint density at radius 2 is 1.80 bits per heavy atom. The summed E-state index contributed by atoms with van der Waals surface area (Å²) in [5.41, 5.74) is 5.57.